The van der Waals surface area contributed by atoms with E-state index in [9.17, 15) is 4.79 Å². The highest BCUT2D eigenvalue weighted by atomic mass is 32.1. The minimum atomic E-state index is 0.456. The molecule has 1 aromatic rings. The van der Waals surface area contributed by atoms with E-state index in [1.165, 1.54) is 6.08 Å². The minimum Gasteiger partial charge on any atom is -0.211 e. The maximum Gasteiger partial charge on any atom is 0.240 e. The Morgan fingerprint density at radius 3 is 2.69 bits per heavy atom. The molecule has 0 fully saturated rings. The molecule has 3 nitrogen and oxygen atoms in total. The summed E-state index contributed by atoms with van der Waals surface area (Å²) in [7, 11) is 0. The van der Waals surface area contributed by atoms with E-state index in [4.69, 9.17) is 0 Å². The summed E-state index contributed by atoms with van der Waals surface area (Å²) in [6, 6.07) is 5.29. The number of isocyanates is 1. The van der Waals surface area contributed by atoms with Gasteiger partial charge in [0, 0.05) is 0 Å². The second-order valence-electron chi connectivity index (χ2n) is 2.40. The molecule has 0 aliphatic rings. The normalized spacial score (nSPS) is 8.38. The quantitative estimate of drug-likeness (QED) is 0.408. The van der Waals surface area contributed by atoms with Crippen molar-refractivity contribution in [3.8, 4) is 0 Å². The number of thiocarbonyl (C=S) groups is 1. The van der Waals surface area contributed by atoms with Crippen molar-refractivity contribution in [3.63, 3.8) is 0 Å². The van der Waals surface area contributed by atoms with Crippen LogP contribution in [0.2, 0.25) is 0 Å². The van der Waals surface area contributed by atoms with Crippen LogP contribution in [0.3, 0.4) is 0 Å². The Morgan fingerprint density at radius 1 is 1.31 bits per heavy atom. The fraction of sp³-hybridized carbons (Fsp3) is 0.111. The molecule has 0 aromatic heterocycles. The molecule has 0 radical (unpaired) electrons. The summed E-state index contributed by atoms with van der Waals surface area (Å²) in [6.07, 6.45) is 1.46. The number of benzene rings is 1. The van der Waals surface area contributed by atoms with Gasteiger partial charge in [0.25, 0.3) is 0 Å². The van der Waals surface area contributed by atoms with Crippen molar-refractivity contribution in [2.24, 2.45) is 9.98 Å². The van der Waals surface area contributed by atoms with Crippen LogP contribution in [0.4, 0.5) is 11.4 Å². The van der Waals surface area contributed by atoms with Gasteiger partial charge in [0.05, 0.1) is 5.16 Å². The molecule has 0 spiro atoms. The smallest absolute Gasteiger partial charge is 0.211 e. The van der Waals surface area contributed by atoms with Gasteiger partial charge in [0.2, 0.25) is 6.08 Å². The van der Waals surface area contributed by atoms with Crippen LogP contribution in [0.1, 0.15) is 5.56 Å². The molecule has 1 rings (SSSR count). The lowest BCUT2D eigenvalue weighted by Gasteiger charge is -1.97. The Hall–Kier alpha value is -1.60. The molecule has 1 aromatic carbocycles. The number of nitrogens with zero attached hydrogens (tertiary/aromatic N) is 2. The van der Waals surface area contributed by atoms with Crippen LogP contribution < -0.4 is 0 Å². The van der Waals surface area contributed by atoms with Crippen molar-refractivity contribution < 1.29 is 4.79 Å². The van der Waals surface area contributed by atoms with Gasteiger partial charge < -0.3 is 0 Å². The molecule has 64 valence electrons. The van der Waals surface area contributed by atoms with Gasteiger partial charge in [-0.3, -0.25) is 0 Å². The molecule has 0 heterocycles. The number of isothiocyanates is 1. The van der Waals surface area contributed by atoms with Crippen molar-refractivity contribution >= 4 is 34.8 Å². The molecule has 13 heavy (non-hydrogen) atoms. The van der Waals surface area contributed by atoms with E-state index in [1.807, 2.05) is 13.0 Å². The molecule has 0 aliphatic carbocycles. The zero-order chi connectivity index (χ0) is 9.68. The van der Waals surface area contributed by atoms with Crippen LogP contribution in [0.25, 0.3) is 0 Å². The van der Waals surface area contributed by atoms with Gasteiger partial charge in [-0.2, -0.15) is 9.98 Å². The van der Waals surface area contributed by atoms with Gasteiger partial charge in [-0.25, -0.2) is 4.79 Å². The largest absolute Gasteiger partial charge is 0.240 e. The van der Waals surface area contributed by atoms with E-state index in [2.05, 4.69) is 27.4 Å². The van der Waals surface area contributed by atoms with Crippen molar-refractivity contribution in [3.05, 3.63) is 23.8 Å². The minimum absolute atomic E-state index is 0.456. The molecule has 4 heteroatoms. The maximum absolute atomic E-state index is 10.0. The first kappa shape index (κ1) is 9.49. The Labute approximate surface area is 80.8 Å². The molecule has 0 unspecified atom stereocenters. The lowest BCUT2D eigenvalue weighted by atomic mass is 10.2. The lowest BCUT2D eigenvalue weighted by Crippen LogP contribution is -1.72. The number of aryl methyl sites for hydroxylation is 1. The summed E-state index contributed by atoms with van der Waals surface area (Å²) in [5.74, 6) is 0. The summed E-state index contributed by atoms with van der Waals surface area (Å²) in [5.41, 5.74) is 2.02. The van der Waals surface area contributed by atoms with Crippen molar-refractivity contribution in [1.29, 1.82) is 0 Å². The zero-order valence-corrected chi connectivity index (χ0v) is 7.76. The number of aliphatic imine (C=N–C) groups is 2. The summed E-state index contributed by atoms with van der Waals surface area (Å²) < 4.78 is 0. The predicted molar refractivity (Wildman–Crippen MR) is 53.6 cm³/mol. The van der Waals surface area contributed by atoms with Crippen molar-refractivity contribution in [1.82, 2.24) is 0 Å². The lowest BCUT2D eigenvalue weighted by molar-refractivity contribution is 0.565. The predicted octanol–water partition coefficient (Wildman–Crippen LogP) is 2.70. The molecular formula is C9H6N2OS. The highest BCUT2D eigenvalue weighted by Crippen LogP contribution is 2.27. The summed E-state index contributed by atoms with van der Waals surface area (Å²) in [4.78, 5) is 17.3. The second kappa shape index (κ2) is 4.43. The second-order valence-corrected chi connectivity index (χ2v) is 2.58. The number of hydrogen-bond acceptors (Lipinski definition) is 4. The Balaban J connectivity index is 3.33. The van der Waals surface area contributed by atoms with Crippen LogP contribution in [0.15, 0.2) is 28.2 Å². The van der Waals surface area contributed by atoms with Crippen LogP contribution in [0.5, 0.6) is 0 Å². The number of rotatable bonds is 2. The van der Waals surface area contributed by atoms with E-state index >= 15 is 0 Å². The van der Waals surface area contributed by atoms with Gasteiger partial charge in [0.1, 0.15) is 11.4 Å². The van der Waals surface area contributed by atoms with Crippen LogP contribution in [-0.2, 0) is 4.79 Å². The standard InChI is InChI=1S/C9H6N2OS/c1-7-2-3-8(10-5-12)9(4-7)11-6-13/h2-4H,1H3. The van der Waals surface area contributed by atoms with E-state index in [1.54, 1.807) is 12.1 Å². The Kier molecular flexibility index (Phi) is 3.23. The summed E-state index contributed by atoms with van der Waals surface area (Å²) in [5, 5.41) is 2.23. The molecule has 0 saturated heterocycles. The Bertz CT molecular complexity index is 416. The SMILES string of the molecule is Cc1ccc(N=C=O)c(N=C=S)c1. The third-order valence-electron chi connectivity index (χ3n) is 1.46. The molecule has 0 N–H and O–H groups in total. The molecule has 0 amide bonds. The van der Waals surface area contributed by atoms with E-state index in [0.717, 1.165) is 5.56 Å². The van der Waals surface area contributed by atoms with Crippen molar-refractivity contribution in [2.75, 3.05) is 0 Å². The highest BCUT2D eigenvalue weighted by molar-refractivity contribution is 7.78. The highest BCUT2D eigenvalue weighted by Gasteiger charge is 1.98. The molecular weight excluding hydrogens is 184 g/mol. The fourth-order valence-corrected chi connectivity index (χ4v) is 1.01. The van der Waals surface area contributed by atoms with E-state index in [0.29, 0.717) is 11.4 Å². The van der Waals surface area contributed by atoms with Gasteiger partial charge in [-0.1, -0.05) is 6.07 Å². The summed E-state index contributed by atoms with van der Waals surface area (Å²) >= 11 is 4.46. The number of carbonyl (C=O) groups excluding carboxylic acids is 1. The average Bonchev–Trinajstić information content (AvgIpc) is 2.10. The monoisotopic (exact) mass is 190 g/mol. The van der Waals surface area contributed by atoms with Crippen LogP contribution in [-0.4, -0.2) is 11.2 Å². The first-order valence-corrected chi connectivity index (χ1v) is 3.95. The third-order valence-corrected chi connectivity index (χ3v) is 1.55. The first-order chi connectivity index (χ1) is 6.27. The Morgan fingerprint density at radius 2 is 2.08 bits per heavy atom. The molecule has 0 saturated carbocycles. The fourth-order valence-electron chi connectivity index (χ4n) is 0.916. The first-order valence-electron chi connectivity index (χ1n) is 3.54. The summed E-state index contributed by atoms with van der Waals surface area (Å²) in [6.45, 7) is 1.91. The van der Waals surface area contributed by atoms with Crippen molar-refractivity contribution in [2.45, 2.75) is 6.92 Å². The topological polar surface area (TPSA) is 41.8 Å². The van der Waals surface area contributed by atoms with Crippen LogP contribution in [0, 0.1) is 6.92 Å². The number of hydrogen-bond donors (Lipinski definition) is 0. The zero-order valence-electron chi connectivity index (χ0n) is 6.94. The van der Waals surface area contributed by atoms with Crippen LogP contribution >= 0.6 is 12.2 Å². The van der Waals surface area contributed by atoms with Gasteiger partial charge >= 0.3 is 0 Å². The molecule has 0 bridgehead atoms. The molecule has 0 atom stereocenters. The van der Waals surface area contributed by atoms with Gasteiger partial charge in [-0.15, -0.1) is 0 Å². The van der Waals surface area contributed by atoms with Gasteiger partial charge in [0.15, 0.2) is 0 Å². The average molecular weight is 190 g/mol. The maximum atomic E-state index is 10.0. The molecule has 0 aliphatic heterocycles. The third kappa shape index (κ3) is 2.42. The van der Waals surface area contributed by atoms with Gasteiger partial charge in [-0.05, 0) is 36.8 Å². The van der Waals surface area contributed by atoms with E-state index < -0.39 is 0 Å². The van der Waals surface area contributed by atoms with E-state index in [-0.39, 0.29) is 0 Å².